The second-order valence-corrected chi connectivity index (χ2v) is 6.00. The normalized spacial score (nSPS) is 14.6. The van der Waals surface area contributed by atoms with Crippen molar-refractivity contribution in [3.8, 4) is 0 Å². The zero-order valence-corrected chi connectivity index (χ0v) is 13.0. The van der Waals surface area contributed by atoms with Gasteiger partial charge < -0.3 is 9.80 Å². The van der Waals surface area contributed by atoms with Crippen LogP contribution in [0.1, 0.15) is 27.7 Å². The molecule has 2 amide bonds. The van der Waals surface area contributed by atoms with Crippen LogP contribution in [0.4, 0.5) is 0 Å². The third-order valence-corrected chi connectivity index (χ3v) is 3.28. The van der Waals surface area contributed by atoms with Crippen LogP contribution in [0, 0.1) is 23.7 Å². The minimum atomic E-state index is -0.255. The first-order valence-corrected chi connectivity index (χ1v) is 6.53. The Morgan fingerprint density at radius 3 is 1.00 bits per heavy atom. The maximum Gasteiger partial charge on any atom is 0.226 e. The Bertz CT molecular complexity index is 266. The van der Waals surface area contributed by atoms with Gasteiger partial charge in [0.25, 0.3) is 0 Å². The molecule has 0 spiro atoms. The molecule has 18 heavy (non-hydrogen) atoms. The van der Waals surface area contributed by atoms with Crippen LogP contribution in [0.25, 0.3) is 0 Å². The maximum absolute atomic E-state index is 12.3. The first kappa shape index (κ1) is 16.9. The van der Waals surface area contributed by atoms with Gasteiger partial charge >= 0.3 is 0 Å². The van der Waals surface area contributed by atoms with Crippen LogP contribution in [0.15, 0.2) is 0 Å². The molecule has 0 N–H and O–H groups in total. The molecule has 0 bridgehead atoms. The Morgan fingerprint density at radius 1 is 0.667 bits per heavy atom. The monoisotopic (exact) mass is 256 g/mol. The zero-order chi connectivity index (χ0) is 14.6. The van der Waals surface area contributed by atoms with E-state index in [4.69, 9.17) is 0 Å². The molecule has 0 aromatic heterocycles. The lowest BCUT2D eigenvalue weighted by molar-refractivity contribution is -0.147. The number of carbonyl (C=O) groups excluding carboxylic acids is 2. The molecule has 0 aliphatic carbocycles. The van der Waals surface area contributed by atoms with Gasteiger partial charge in [-0.2, -0.15) is 0 Å². The van der Waals surface area contributed by atoms with E-state index in [0.29, 0.717) is 0 Å². The number of hydrogen-bond donors (Lipinski definition) is 0. The quantitative estimate of drug-likeness (QED) is 0.751. The summed E-state index contributed by atoms with van der Waals surface area (Å²) in [5, 5.41) is 0. The van der Waals surface area contributed by atoms with Gasteiger partial charge in [0.1, 0.15) is 0 Å². The molecule has 0 radical (unpaired) electrons. The highest BCUT2D eigenvalue weighted by molar-refractivity contribution is 5.87. The topological polar surface area (TPSA) is 40.6 Å². The summed E-state index contributed by atoms with van der Waals surface area (Å²) >= 11 is 0. The maximum atomic E-state index is 12.3. The molecule has 0 fully saturated rings. The fourth-order valence-electron chi connectivity index (χ4n) is 2.30. The Kier molecular flexibility index (Phi) is 6.36. The van der Waals surface area contributed by atoms with E-state index in [-0.39, 0.29) is 35.5 Å². The molecule has 0 aromatic carbocycles. The first-order valence-electron chi connectivity index (χ1n) is 6.53. The van der Waals surface area contributed by atoms with Gasteiger partial charge in [-0.3, -0.25) is 9.59 Å². The summed E-state index contributed by atoms with van der Waals surface area (Å²) in [6, 6.07) is 0. The Morgan fingerprint density at radius 2 is 0.889 bits per heavy atom. The van der Waals surface area contributed by atoms with Gasteiger partial charge in [-0.15, -0.1) is 0 Å². The Hall–Kier alpha value is -1.06. The average molecular weight is 256 g/mol. The number of hydrogen-bond acceptors (Lipinski definition) is 2. The average Bonchev–Trinajstić information content (AvgIpc) is 2.22. The van der Waals surface area contributed by atoms with Gasteiger partial charge in [0, 0.05) is 28.2 Å². The predicted octanol–water partition coefficient (Wildman–Crippen LogP) is 1.71. The van der Waals surface area contributed by atoms with Crippen molar-refractivity contribution in [1.82, 2.24) is 9.80 Å². The SMILES string of the molecule is CC(C)C(C(=O)N(C)C)C(C(=O)N(C)C)C(C)C. The van der Waals surface area contributed by atoms with Gasteiger partial charge in [0.05, 0.1) is 11.8 Å². The van der Waals surface area contributed by atoms with Crippen molar-refractivity contribution in [2.45, 2.75) is 27.7 Å². The van der Waals surface area contributed by atoms with Crippen molar-refractivity contribution >= 4 is 11.8 Å². The van der Waals surface area contributed by atoms with Crippen molar-refractivity contribution in [1.29, 1.82) is 0 Å². The van der Waals surface area contributed by atoms with Crippen LogP contribution in [0.5, 0.6) is 0 Å². The van der Waals surface area contributed by atoms with Crippen LogP contribution in [0.3, 0.4) is 0 Å². The van der Waals surface area contributed by atoms with E-state index >= 15 is 0 Å². The summed E-state index contributed by atoms with van der Waals surface area (Å²) in [4.78, 5) is 27.8. The molecule has 0 saturated carbocycles. The lowest BCUT2D eigenvalue weighted by Crippen LogP contribution is -2.45. The van der Waals surface area contributed by atoms with Crippen LogP contribution in [-0.4, -0.2) is 49.8 Å². The largest absolute Gasteiger partial charge is 0.349 e. The number of nitrogens with zero attached hydrogens (tertiary/aromatic N) is 2. The van der Waals surface area contributed by atoms with Gasteiger partial charge in [0.2, 0.25) is 11.8 Å². The molecule has 2 atom stereocenters. The Balaban J connectivity index is 5.39. The van der Waals surface area contributed by atoms with Gasteiger partial charge in [-0.25, -0.2) is 0 Å². The van der Waals surface area contributed by atoms with Crippen molar-refractivity contribution in [2.24, 2.45) is 23.7 Å². The van der Waals surface area contributed by atoms with E-state index in [2.05, 4.69) is 0 Å². The summed E-state index contributed by atoms with van der Waals surface area (Å²) in [7, 11) is 6.98. The van der Waals surface area contributed by atoms with E-state index in [0.717, 1.165) is 0 Å². The molecule has 0 heterocycles. The van der Waals surface area contributed by atoms with E-state index in [9.17, 15) is 9.59 Å². The summed E-state index contributed by atoms with van der Waals surface area (Å²) in [6.07, 6.45) is 0. The summed E-state index contributed by atoms with van der Waals surface area (Å²) < 4.78 is 0. The predicted molar refractivity (Wildman–Crippen MR) is 74.0 cm³/mol. The van der Waals surface area contributed by atoms with Crippen LogP contribution in [0.2, 0.25) is 0 Å². The Labute approximate surface area is 111 Å². The second-order valence-electron chi connectivity index (χ2n) is 6.00. The highest BCUT2D eigenvalue weighted by atomic mass is 16.2. The van der Waals surface area contributed by atoms with Crippen LogP contribution < -0.4 is 0 Å². The zero-order valence-electron chi connectivity index (χ0n) is 13.0. The summed E-state index contributed by atoms with van der Waals surface area (Å²) in [5.74, 6) is -0.130. The molecule has 0 aromatic rings. The third-order valence-electron chi connectivity index (χ3n) is 3.28. The van der Waals surface area contributed by atoms with Crippen molar-refractivity contribution in [2.75, 3.05) is 28.2 Å². The van der Waals surface area contributed by atoms with E-state index < -0.39 is 0 Å². The molecule has 0 saturated heterocycles. The molecule has 0 rings (SSSR count). The smallest absolute Gasteiger partial charge is 0.226 e. The van der Waals surface area contributed by atoms with Crippen molar-refractivity contribution in [3.63, 3.8) is 0 Å². The minimum Gasteiger partial charge on any atom is -0.349 e. The fourth-order valence-corrected chi connectivity index (χ4v) is 2.30. The molecular weight excluding hydrogens is 228 g/mol. The van der Waals surface area contributed by atoms with Crippen molar-refractivity contribution < 1.29 is 9.59 Å². The second kappa shape index (κ2) is 6.76. The summed E-state index contributed by atoms with van der Waals surface area (Å²) in [5.41, 5.74) is 0. The van der Waals surface area contributed by atoms with E-state index in [1.54, 1.807) is 38.0 Å². The lowest BCUT2D eigenvalue weighted by Gasteiger charge is -2.34. The summed E-state index contributed by atoms with van der Waals surface area (Å²) in [6.45, 7) is 8.02. The molecule has 2 unspecified atom stereocenters. The highest BCUT2D eigenvalue weighted by Gasteiger charge is 2.39. The number of carbonyl (C=O) groups is 2. The molecule has 4 nitrogen and oxygen atoms in total. The standard InChI is InChI=1S/C14H28N2O2/c1-9(2)11(13(17)15(5)6)12(10(3)4)14(18)16(7)8/h9-12H,1-8H3. The molecule has 106 valence electrons. The molecule has 0 aliphatic heterocycles. The molecule has 4 heteroatoms. The fraction of sp³-hybridized carbons (Fsp3) is 0.857. The lowest BCUT2D eigenvalue weighted by atomic mass is 9.75. The molecule has 0 aliphatic rings. The molecular formula is C14H28N2O2. The highest BCUT2D eigenvalue weighted by Crippen LogP contribution is 2.30. The van der Waals surface area contributed by atoms with E-state index in [1.807, 2.05) is 27.7 Å². The van der Waals surface area contributed by atoms with Gasteiger partial charge in [-0.05, 0) is 11.8 Å². The first-order chi connectivity index (χ1) is 8.11. The van der Waals surface area contributed by atoms with Crippen LogP contribution >= 0.6 is 0 Å². The van der Waals surface area contributed by atoms with Gasteiger partial charge in [0.15, 0.2) is 0 Å². The minimum absolute atomic E-state index is 0.0406. The van der Waals surface area contributed by atoms with E-state index in [1.165, 1.54) is 0 Å². The van der Waals surface area contributed by atoms with Crippen LogP contribution in [-0.2, 0) is 9.59 Å². The van der Waals surface area contributed by atoms with Gasteiger partial charge in [-0.1, -0.05) is 27.7 Å². The third kappa shape index (κ3) is 4.00. The number of amides is 2. The number of rotatable bonds is 5. The van der Waals surface area contributed by atoms with Crippen molar-refractivity contribution in [3.05, 3.63) is 0 Å².